The van der Waals surface area contributed by atoms with Crippen LogP contribution in [0.1, 0.15) is 13.0 Å². The molecule has 1 amide bonds. The molecule has 7 nitrogen and oxygen atoms in total. The highest BCUT2D eigenvalue weighted by molar-refractivity contribution is 5.83. The number of methoxy groups -OCH3 is 1. The lowest BCUT2D eigenvalue weighted by molar-refractivity contribution is -0.120. The summed E-state index contributed by atoms with van der Waals surface area (Å²) in [5.74, 6) is 0.128. The summed E-state index contributed by atoms with van der Waals surface area (Å²) in [6, 6.07) is 2.79. The molecule has 2 aromatic heterocycles. The van der Waals surface area contributed by atoms with Gasteiger partial charge in [0.2, 0.25) is 17.7 Å². The SMILES string of the molecule is COc1ccc2nc(N)n(C(C)C(N)=O)c2n1. The van der Waals surface area contributed by atoms with Crippen LogP contribution in [0.25, 0.3) is 11.2 Å². The summed E-state index contributed by atoms with van der Waals surface area (Å²) in [6.07, 6.45) is 0. The van der Waals surface area contributed by atoms with Crippen molar-refractivity contribution in [1.82, 2.24) is 14.5 Å². The standard InChI is InChI=1S/C10H13N5O2/c1-5(8(11)16)15-9-6(13-10(15)12)3-4-7(14-9)17-2/h3-5H,1-2H3,(H2,11,16)(H2,12,13). The Hall–Kier alpha value is -2.31. The largest absolute Gasteiger partial charge is 0.481 e. The molecule has 0 aliphatic rings. The molecule has 0 saturated heterocycles. The maximum atomic E-state index is 11.2. The van der Waals surface area contributed by atoms with Crippen LogP contribution in [-0.2, 0) is 4.79 Å². The highest BCUT2D eigenvalue weighted by Crippen LogP contribution is 2.23. The normalized spacial score (nSPS) is 12.6. The van der Waals surface area contributed by atoms with Gasteiger partial charge in [-0.3, -0.25) is 9.36 Å². The minimum absolute atomic E-state index is 0.201. The van der Waals surface area contributed by atoms with E-state index in [1.54, 1.807) is 19.1 Å². The average molecular weight is 235 g/mol. The molecule has 0 fully saturated rings. The van der Waals surface area contributed by atoms with Crippen molar-refractivity contribution in [2.45, 2.75) is 13.0 Å². The van der Waals surface area contributed by atoms with E-state index < -0.39 is 11.9 Å². The summed E-state index contributed by atoms with van der Waals surface area (Å²) >= 11 is 0. The second kappa shape index (κ2) is 3.93. The number of fused-ring (bicyclic) bond motifs is 1. The number of aromatic nitrogens is 3. The minimum Gasteiger partial charge on any atom is -0.481 e. The summed E-state index contributed by atoms with van der Waals surface area (Å²) in [5.41, 5.74) is 12.1. The van der Waals surface area contributed by atoms with Crippen molar-refractivity contribution in [3.05, 3.63) is 12.1 Å². The van der Waals surface area contributed by atoms with Crippen LogP contribution < -0.4 is 16.2 Å². The molecular weight excluding hydrogens is 222 g/mol. The molecule has 0 aromatic carbocycles. The molecule has 0 radical (unpaired) electrons. The van der Waals surface area contributed by atoms with Crippen molar-refractivity contribution in [3.63, 3.8) is 0 Å². The van der Waals surface area contributed by atoms with Crippen LogP contribution in [0.15, 0.2) is 12.1 Å². The Kier molecular flexibility index (Phi) is 2.58. The molecule has 7 heteroatoms. The predicted octanol–water partition coefficient (Wildman–Crippen LogP) is 0.0684. The molecule has 1 unspecified atom stereocenters. The Bertz CT molecular complexity index is 577. The quantitative estimate of drug-likeness (QED) is 0.782. The second-order valence-corrected chi connectivity index (χ2v) is 3.61. The van der Waals surface area contributed by atoms with E-state index in [4.69, 9.17) is 16.2 Å². The Balaban J connectivity index is 2.68. The number of nitrogens with two attached hydrogens (primary N) is 2. The predicted molar refractivity (Wildman–Crippen MR) is 62.4 cm³/mol. The Labute approximate surface area is 97.4 Å². The van der Waals surface area contributed by atoms with Crippen molar-refractivity contribution in [1.29, 1.82) is 0 Å². The summed E-state index contributed by atoms with van der Waals surface area (Å²) < 4.78 is 6.50. The summed E-state index contributed by atoms with van der Waals surface area (Å²) in [7, 11) is 1.51. The van der Waals surface area contributed by atoms with Gasteiger partial charge in [-0.2, -0.15) is 4.98 Å². The molecule has 2 heterocycles. The first kappa shape index (κ1) is 11.2. The molecule has 17 heavy (non-hydrogen) atoms. The van der Waals surface area contributed by atoms with Crippen molar-refractivity contribution in [3.8, 4) is 5.88 Å². The van der Waals surface area contributed by atoms with Gasteiger partial charge in [-0.25, -0.2) is 4.98 Å². The second-order valence-electron chi connectivity index (χ2n) is 3.61. The van der Waals surface area contributed by atoms with Crippen LogP contribution in [0.3, 0.4) is 0 Å². The van der Waals surface area contributed by atoms with Gasteiger partial charge >= 0.3 is 0 Å². The number of pyridine rings is 1. The number of anilines is 1. The lowest BCUT2D eigenvalue weighted by Crippen LogP contribution is -2.25. The topological polar surface area (TPSA) is 109 Å². The van der Waals surface area contributed by atoms with Crippen LogP contribution >= 0.6 is 0 Å². The maximum Gasteiger partial charge on any atom is 0.240 e. The van der Waals surface area contributed by atoms with Crippen molar-refractivity contribution < 1.29 is 9.53 Å². The van der Waals surface area contributed by atoms with Gasteiger partial charge in [0.05, 0.1) is 7.11 Å². The molecule has 0 saturated carbocycles. The van der Waals surface area contributed by atoms with Gasteiger partial charge in [0, 0.05) is 6.07 Å². The number of hydrogen-bond acceptors (Lipinski definition) is 5. The summed E-state index contributed by atoms with van der Waals surface area (Å²) in [4.78, 5) is 19.5. The fraction of sp³-hybridized carbons (Fsp3) is 0.300. The number of imidazole rings is 1. The number of nitrogen functional groups attached to an aromatic ring is 1. The van der Waals surface area contributed by atoms with Gasteiger partial charge in [-0.1, -0.05) is 0 Å². The number of nitrogens with zero attached hydrogens (tertiary/aromatic N) is 3. The van der Waals surface area contributed by atoms with E-state index in [2.05, 4.69) is 9.97 Å². The fourth-order valence-corrected chi connectivity index (χ4v) is 1.60. The van der Waals surface area contributed by atoms with Crippen molar-refractivity contribution in [2.75, 3.05) is 12.8 Å². The summed E-state index contributed by atoms with van der Waals surface area (Å²) in [6.45, 7) is 1.64. The van der Waals surface area contributed by atoms with Crippen LogP contribution in [0.2, 0.25) is 0 Å². The van der Waals surface area contributed by atoms with Gasteiger partial charge in [0.15, 0.2) is 5.65 Å². The molecule has 4 N–H and O–H groups in total. The van der Waals surface area contributed by atoms with E-state index in [0.717, 1.165) is 0 Å². The number of rotatable bonds is 3. The third-order valence-electron chi connectivity index (χ3n) is 2.55. The first-order valence-corrected chi connectivity index (χ1v) is 5.02. The minimum atomic E-state index is -0.611. The highest BCUT2D eigenvalue weighted by atomic mass is 16.5. The molecule has 90 valence electrons. The average Bonchev–Trinajstić information content (AvgIpc) is 2.62. The van der Waals surface area contributed by atoms with Gasteiger partial charge in [0.25, 0.3) is 0 Å². The van der Waals surface area contributed by atoms with E-state index in [-0.39, 0.29) is 5.95 Å². The Morgan fingerprint density at radius 3 is 2.76 bits per heavy atom. The van der Waals surface area contributed by atoms with Gasteiger partial charge < -0.3 is 16.2 Å². The van der Waals surface area contributed by atoms with E-state index in [1.165, 1.54) is 11.7 Å². The first-order valence-electron chi connectivity index (χ1n) is 5.02. The van der Waals surface area contributed by atoms with E-state index in [1.807, 2.05) is 0 Å². The van der Waals surface area contributed by atoms with Crippen molar-refractivity contribution >= 4 is 23.0 Å². The van der Waals surface area contributed by atoms with Gasteiger partial charge in [0.1, 0.15) is 11.6 Å². The molecule has 1 atom stereocenters. The molecule has 2 rings (SSSR count). The monoisotopic (exact) mass is 235 g/mol. The van der Waals surface area contributed by atoms with Crippen LogP contribution in [0, 0.1) is 0 Å². The lowest BCUT2D eigenvalue weighted by Gasteiger charge is -2.11. The number of amides is 1. The van der Waals surface area contributed by atoms with Crippen molar-refractivity contribution in [2.24, 2.45) is 5.73 Å². The molecule has 0 aliphatic carbocycles. The third-order valence-corrected chi connectivity index (χ3v) is 2.55. The van der Waals surface area contributed by atoms with Crippen LogP contribution in [0.4, 0.5) is 5.95 Å². The van der Waals surface area contributed by atoms with E-state index in [9.17, 15) is 4.79 Å². The van der Waals surface area contributed by atoms with E-state index in [0.29, 0.717) is 17.0 Å². The zero-order chi connectivity index (χ0) is 12.6. The van der Waals surface area contributed by atoms with Gasteiger partial charge in [-0.05, 0) is 13.0 Å². The van der Waals surface area contributed by atoms with Crippen LogP contribution in [-0.4, -0.2) is 27.6 Å². The smallest absolute Gasteiger partial charge is 0.240 e. The van der Waals surface area contributed by atoms with E-state index >= 15 is 0 Å². The first-order chi connectivity index (χ1) is 8.04. The van der Waals surface area contributed by atoms with Gasteiger partial charge in [-0.15, -0.1) is 0 Å². The third kappa shape index (κ3) is 1.75. The highest BCUT2D eigenvalue weighted by Gasteiger charge is 2.19. The zero-order valence-electron chi connectivity index (χ0n) is 9.54. The molecular formula is C10H13N5O2. The number of ether oxygens (including phenoxy) is 1. The lowest BCUT2D eigenvalue weighted by atomic mass is 10.3. The number of primary amides is 1. The molecule has 2 aromatic rings. The maximum absolute atomic E-state index is 11.2. The summed E-state index contributed by atoms with van der Waals surface area (Å²) in [5, 5.41) is 0. The molecule has 0 bridgehead atoms. The molecule has 0 spiro atoms. The zero-order valence-corrected chi connectivity index (χ0v) is 9.54. The number of carbonyl (C=O) groups excluding carboxylic acids is 1. The number of hydrogen-bond donors (Lipinski definition) is 2. The molecule has 0 aliphatic heterocycles. The number of carbonyl (C=O) groups is 1. The Morgan fingerprint density at radius 1 is 1.47 bits per heavy atom. The van der Waals surface area contributed by atoms with Crippen LogP contribution in [0.5, 0.6) is 5.88 Å². The Morgan fingerprint density at radius 2 is 2.18 bits per heavy atom. The fourth-order valence-electron chi connectivity index (χ4n) is 1.60.